The van der Waals surface area contributed by atoms with Crippen molar-refractivity contribution in [3.63, 3.8) is 0 Å². The van der Waals surface area contributed by atoms with Crippen LogP contribution < -0.4 is 10.3 Å². The van der Waals surface area contributed by atoms with Gasteiger partial charge in [-0.1, -0.05) is 13.0 Å². The first kappa shape index (κ1) is 24.6. The van der Waals surface area contributed by atoms with Crippen molar-refractivity contribution >= 4 is 11.6 Å². The molecule has 1 saturated heterocycles. The van der Waals surface area contributed by atoms with E-state index in [9.17, 15) is 22.8 Å². The second kappa shape index (κ2) is 9.64. The molecule has 1 aliphatic heterocycles. The molecule has 0 N–H and O–H groups in total. The number of aromatic nitrogens is 1. The lowest BCUT2D eigenvalue weighted by atomic mass is 10.1. The quantitative estimate of drug-likeness (QED) is 0.526. The predicted molar refractivity (Wildman–Crippen MR) is 127 cm³/mol. The molecule has 1 amide bonds. The molecule has 1 aliphatic rings. The van der Waals surface area contributed by atoms with Gasteiger partial charge in [-0.2, -0.15) is 13.2 Å². The van der Waals surface area contributed by atoms with Gasteiger partial charge in [-0.15, -0.1) is 0 Å². The molecule has 0 unspecified atom stereocenters. The zero-order chi connectivity index (χ0) is 25.3. The first-order chi connectivity index (χ1) is 16.6. The fraction of sp³-hybridized carbons (Fsp3) is 0.385. The average molecular weight is 488 g/mol. The van der Waals surface area contributed by atoms with Crippen LogP contribution in [0.2, 0.25) is 0 Å². The summed E-state index contributed by atoms with van der Waals surface area (Å²) in [5.41, 5.74) is 0.979. The number of carbonyl (C=O) groups excluding carboxylic acids is 1. The number of halogens is 3. The van der Waals surface area contributed by atoms with Crippen LogP contribution in [-0.2, 0) is 19.1 Å². The summed E-state index contributed by atoms with van der Waals surface area (Å²) >= 11 is 0. The average Bonchev–Trinajstić information content (AvgIpc) is 3.24. The van der Waals surface area contributed by atoms with Gasteiger partial charge >= 0.3 is 6.18 Å². The highest BCUT2D eigenvalue weighted by atomic mass is 19.4. The summed E-state index contributed by atoms with van der Waals surface area (Å²) in [6.45, 7) is 7.37. The standard InChI is InChI=1S/C26H28F3N3O3/c1-4-22-24(23(33)14-17(2)32(22)16-21-9-8-18(3)35-21)25(34)31-12-10-30(11-13-31)20-7-5-6-19(15-20)26(27,28)29/h5-9,14-15H,4,10-13,16H2,1-3H3. The Kier molecular flexibility index (Phi) is 6.78. The molecule has 35 heavy (non-hydrogen) atoms. The van der Waals surface area contributed by atoms with Gasteiger partial charge in [0.15, 0.2) is 5.43 Å². The molecule has 0 spiro atoms. The molecule has 1 fully saturated rings. The fourth-order valence-corrected chi connectivity index (χ4v) is 4.58. The number of hydrogen-bond donors (Lipinski definition) is 0. The molecular weight excluding hydrogens is 459 g/mol. The molecule has 3 aromatic rings. The minimum atomic E-state index is -4.41. The molecule has 9 heteroatoms. The highest BCUT2D eigenvalue weighted by Crippen LogP contribution is 2.32. The number of anilines is 1. The van der Waals surface area contributed by atoms with Crippen LogP contribution in [0.5, 0.6) is 0 Å². The van der Waals surface area contributed by atoms with Crippen molar-refractivity contribution in [2.75, 3.05) is 31.1 Å². The topological polar surface area (TPSA) is 58.7 Å². The Labute approximate surface area is 201 Å². The van der Waals surface area contributed by atoms with E-state index in [1.54, 1.807) is 11.0 Å². The molecule has 0 radical (unpaired) electrons. The number of hydrogen-bond acceptors (Lipinski definition) is 4. The van der Waals surface area contributed by atoms with Crippen LogP contribution >= 0.6 is 0 Å². The number of carbonyl (C=O) groups is 1. The SMILES string of the molecule is CCc1c(C(=O)N2CCN(c3cccc(C(F)(F)F)c3)CC2)c(=O)cc(C)n1Cc1ccc(C)o1. The highest BCUT2D eigenvalue weighted by Gasteiger charge is 2.32. The van der Waals surface area contributed by atoms with E-state index in [-0.39, 0.29) is 16.9 Å². The van der Waals surface area contributed by atoms with E-state index in [0.717, 1.165) is 29.3 Å². The van der Waals surface area contributed by atoms with E-state index in [0.29, 0.717) is 50.5 Å². The molecule has 2 aromatic heterocycles. The van der Waals surface area contributed by atoms with Crippen molar-refractivity contribution in [1.82, 2.24) is 9.47 Å². The summed E-state index contributed by atoms with van der Waals surface area (Å²) in [6, 6.07) is 10.4. The molecular formula is C26H28F3N3O3. The first-order valence-electron chi connectivity index (χ1n) is 11.6. The van der Waals surface area contributed by atoms with E-state index in [1.165, 1.54) is 12.1 Å². The van der Waals surface area contributed by atoms with Crippen LogP contribution in [0.4, 0.5) is 18.9 Å². The lowest BCUT2D eigenvalue weighted by molar-refractivity contribution is -0.137. The second-order valence-corrected chi connectivity index (χ2v) is 8.75. The van der Waals surface area contributed by atoms with E-state index >= 15 is 0 Å². The number of alkyl halides is 3. The zero-order valence-electron chi connectivity index (χ0n) is 20.0. The Morgan fingerprint density at radius 3 is 2.34 bits per heavy atom. The molecule has 0 atom stereocenters. The van der Waals surface area contributed by atoms with Crippen LogP contribution in [0.3, 0.4) is 0 Å². The maximum Gasteiger partial charge on any atom is 0.416 e. The normalized spacial score (nSPS) is 14.5. The van der Waals surface area contributed by atoms with Crippen molar-refractivity contribution < 1.29 is 22.4 Å². The zero-order valence-corrected chi connectivity index (χ0v) is 20.0. The summed E-state index contributed by atoms with van der Waals surface area (Å²) in [4.78, 5) is 29.8. The minimum absolute atomic E-state index is 0.147. The highest BCUT2D eigenvalue weighted by molar-refractivity contribution is 5.95. The van der Waals surface area contributed by atoms with Crippen molar-refractivity contribution in [2.24, 2.45) is 0 Å². The molecule has 0 saturated carbocycles. The summed E-state index contributed by atoms with van der Waals surface area (Å²) in [5, 5.41) is 0. The summed E-state index contributed by atoms with van der Waals surface area (Å²) < 4.78 is 46.9. The molecule has 186 valence electrons. The summed E-state index contributed by atoms with van der Waals surface area (Å²) in [5.74, 6) is 1.17. The van der Waals surface area contributed by atoms with Crippen LogP contribution in [0, 0.1) is 13.8 Å². The number of rotatable bonds is 5. The number of piperazine rings is 1. The monoisotopic (exact) mass is 487 g/mol. The van der Waals surface area contributed by atoms with E-state index in [1.807, 2.05) is 42.4 Å². The van der Waals surface area contributed by atoms with Crippen LogP contribution in [0.15, 0.2) is 51.7 Å². The van der Waals surface area contributed by atoms with Gasteiger partial charge in [0.25, 0.3) is 5.91 Å². The van der Waals surface area contributed by atoms with Crippen molar-refractivity contribution in [2.45, 2.75) is 39.9 Å². The molecule has 0 bridgehead atoms. The fourth-order valence-electron chi connectivity index (χ4n) is 4.58. The first-order valence-corrected chi connectivity index (χ1v) is 11.6. The maximum atomic E-state index is 13.5. The second-order valence-electron chi connectivity index (χ2n) is 8.75. The molecule has 0 aliphatic carbocycles. The van der Waals surface area contributed by atoms with E-state index in [4.69, 9.17) is 4.42 Å². The third-order valence-electron chi connectivity index (χ3n) is 6.39. The van der Waals surface area contributed by atoms with Gasteiger partial charge in [0.2, 0.25) is 0 Å². The Hall–Kier alpha value is -3.49. The molecule has 4 rings (SSSR count). The lowest BCUT2D eigenvalue weighted by Crippen LogP contribution is -2.50. The number of furan rings is 1. The lowest BCUT2D eigenvalue weighted by Gasteiger charge is -2.36. The number of benzene rings is 1. The van der Waals surface area contributed by atoms with Gasteiger partial charge < -0.3 is 18.8 Å². The van der Waals surface area contributed by atoms with E-state index in [2.05, 4.69) is 0 Å². The van der Waals surface area contributed by atoms with Crippen LogP contribution in [-0.4, -0.2) is 41.6 Å². The van der Waals surface area contributed by atoms with Gasteiger partial charge in [0.05, 0.1) is 12.1 Å². The van der Waals surface area contributed by atoms with Crippen molar-refractivity contribution in [1.29, 1.82) is 0 Å². The van der Waals surface area contributed by atoms with Gasteiger partial charge in [0, 0.05) is 49.3 Å². The molecule has 3 heterocycles. The summed E-state index contributed by atoms with van der Waals surface area (Å²) in [7, 11) is 0. The van der Waals surface area contributed by atoms with Crippen molar-refractivity contribution in [3.05, 3.63) is 86.7 Å². The van der Waals surface area contributed by atoms with Gasteiger partial charge in [-0.05, 0) is 50.6 Å². The Bertz CT molecular complexity index is 1280. The van der Waals surface area contributed by atoms with Crippen LogP contribution in [0.25, 0.3) is 0 Å². The van der Waals surface area contributed by atoms with Crippen LogP contribution in [0.1, 0.15) is 45.8 Å². The molecule has 1 aromatic carbocycles. The third kappa shape index (κ3) is 5.13. The number of nitrogens with zero attached hydrogens (tertiary/aromatic N) is 3. The Morgan fingerprint density at radius 1 is 1.03 bits per heavy atom. The third-order valence-corrected chi connectivity index (χ3v) is 6.39. The van der Waals surface area contributed by atoms with Gasteiger partial charge in [-0.3, -0.25) is 9.59 Å². The maximum absolute atomic E-state index is 13.5. The predicted octanol–water partition coefficient (Wildman–Crippen LogP) is 4.65. The van der Waals surface area contributed by atoms with Gasteiger partial charge in [-0.25, -0.2) is 0 Å². The minimum Gasteiger partial charge on any atom is -0.464 e. The Morgan fingerprint density at radius 2 is 1.74 bits per heavy atom. The summed E-state index contributed by atoms with van der Waals surface area (Å²) in [6.07, 6.45) is -3.92. The number of aryl methyl sites for hydroxylation is 2. The van der Waals surface area contributed by atoms with E-state index < -0.39 is 11.7 Å². The Balaban J connectivity index is 1.55. The van der Waals surface area contributed by atoms with Gasteiger partial charge in [0.1, 0.15) is 17.1 Å². The van der Waals surface area contributed by atoms with Crippen molar-refractivity contribution in [3.8, 4) is 0 Å². The number of pyridine rings is 1. The smallest absolute Gasteiger partial charge is 0.416 e. The molecule has 6 nitrogen and oxygen atoms in total. The largest absolute Gasteiger partial charge is 0.464 e. The number of amides is 1.